The van der Waals surface area contributed by atoms with Crippen LogP contribution in [0.5, 0.6) is 0 Å². The van der Waals surface area contributed by atoms with E-state index >= 15 is 0 Å². The smallest absolute Gasteiger partial charge is 0.177 e. The Morgan fingerprint density at radius 2 is 1.96 bits per heavy atom. The lowest BCUT2D eigenvalue weighted by Crippen LogP contribution is -2.02. The van der Waals surface area contributed by atoms with Crippen LogP contribution in [-0.2, 0) is 6.54 Å². The van der Waals surface area contributed by atoms with Crippen molar-refractivity contribution in [1.29, 1.82) is 0 Å². The Morgan fingerprint density at radius 3 is 2.75 bits per heavy atom. The van der Waals surface area contributed by atoms with Crippen LogP contribution in [0, 0.1) is 5.82 Å². The van der Waals surface area contributed by atoms with Gasteiger partial charge in [0.15, 0.2) is 5.65 Å². The minimum atomic E-state index is -0.244. The van der Waals surface area contributed by atoms with Crippen LogP contribution in [0.1, 0.15) is 17.0 Å². The summed E-state index contributed by atoms with van der Waals surface area (Å²) in [4.78, 5) is 11.9. The van der Waals surface area contributed by atoms with Crippen molar-refractivity contribution in [3.8, 4) is 0 Å². The molecule has 0 unspecified atom stereocenters. The summed E-state index contributed by atoms with van der Waals surface area (Å²) in [7, 11) is 0. The SMILES string of the molecule is Fc1ccc(/C=C/c2nc3c(cnn3Cc3cccnc3)[nH]2)cc1. The Morgan fingerprint density at radius 1 is 1.08 bits per heavy atom. The van der Waals surface area contributed by atoms with E-state index in [1.54, 1.807) is 24.5 Å². The van der Waals surface area contributed by atoms with Gasteiger partial charge in [-0.2, -0.15) is 5.10 Å². The first kappa shape index (κ1) is 14.3. The first-order valence-corrected chi connectivity index (χ1v) is 7.52. The minimum Gasteiger partial charge on any atom is -0.336 e. The maximum atomic E-state index is 12.9. The van der Waals surface area contributed by atoms with Crippen molar-refractivity contribution in [2.45, 2.75) is 6.54 Å². The van der Waals surface area contributed by atoms with Crippen LogP contribution in [0.3, 0.4) is 0 Å². The molecule has 0 radical (unpaired) electrons. The highest BCUT2D eigenvalue weighted by Crippen LogP contribution is 2.14. The zero-order valence-electron chi connectivity index (χ0n) is 12.7. The molecule has 118 valence electrons. The number of H-pyrrole nitrogens is 1. The van der Waals surface area contributed by atoms with Crippen LogP contribution in [0.4, 0.5) is 4.39 Å². The molecule has 0 aliphatic heterocycles. The normalized spacial score (nSPS) is 11.5. The molecule has 0 atom stereocenters. The van der Waals surface area contributed by atoms with Gasteiger partial charge in [-0.15, -0.1) is 0 Å². The average Bonchev–Trinajstić information content (AvgIpc) is 3.17. The van der Waals surface area contributed by atoms with E-state index in [-0.39, 0.29) is 5.82 Å². The standard InChI is InChI=1S/C18H14FN5/c19-15-6-3-13(4-7-15)5-8-17-22-16-11-21-24(18(16)23-17)12-14-2-1-9-20-10-14/h1-11H,12H2,(H,22,23)/b8-5+. The summed E-state index contributed by atoms with van der Waals surface area (Å²) in [5.74, 6) is 0.484. The molecular formula is C18H14FN5. The molecule has 0 aliphatic carbocycles. The zero-order valence-corrected chi connectivity index (χ0v) is 12.7. The summed E-state index contributed by atoms with van der Waals surface area (Å²) < 4.78 is 14.7. The molecule has 0 fully saturated rings. The lowest BCUT2D eigenvalue weighted by Gasteiger charge is -2.00. The number of aromatic amines is 1. The highest BCUT2D eigenvalue weighted by molar-refractivity contribution is 5.75. The number of halogens is 1. The van der Waals surface area contributed by atoms with Gasteiger partial charge in [0.25, 0.3) is 0 Å². The van der Waals surface area contributed by atoms with E-state index in [9.17, 15) is 4.39 Å². The van der Waals surface area contributed by atoms with E-state index in [0.717, 1.165) is 28.1 Å². The lowest BCUT2D eigenvalue weighted by molar-refractivity contribution is 0.628. The van der Waals surface area contributed by atoms with Crippen LogP contribution in [0.15, 0.2) is 55.0 Å². The summed E-state index contributed by atoms with van der Waals surface area (Å²) in [5, 5.41) is 4.35. The summed E-state index contributed by atoms with van der Waals surface area (Å²) in [5.41, 5.74) is 3.64. The van der Waals surface area contributed by atoms with Crippen molar-refractivity contribution >= 4 is 23.3 Å². The highest BCUT2D eigenvalue weighted by Gasteiger charge is 2.08. The van der Waals surface area contributed by atoms with Crippen molar-refractivity contribution < 1.29 is 4.39 Å². The molecule has 0 aliphatic rings. The van der Waals surface area contributed by atoms with Crippen LogP contribution in [0.2, 0.25) is 0 Å². The second-order valence-electron chi connectivity index (χ2n) is 5.41. The monoisotopic (exact) mass is 319 g/mol. The summed E-state index contributed by atoms with van der Waals surface area (Å²) in [6, 6.07) is 10.2. The van der Waals surface area contributed by atoms with Gasteiger partial charge in [0.05, 0.1) is 12.7 Å². The predicted octanol–water partition coefficient (Wildman–Crippen LogP) is 3.51. The van der Waals surface area contributed by atoms with Crippen molar-refractivity contribution in [3.05, 3.63) is 77.8 Å². The number of nitrogens with one attached hydrogen (secondary N) is 1. The second kappa shape index (κ2) is 6.08. The third-order valence-electron chi connectivity index (χ3n) is 3.66. The van der Waals surface area contributed by atoms with Gasteiger partial charge in [0.2, 0.25) is 0 Å². The molecule has 6 heteroatoms. The Bertz CT molecular complexity index is 983. The lowest BCUT2D eigenvalue weighted by atomic mass is 10.2. The van der Waals surface area contributed by atoms with Gasteiger partial charge in [0, 0.05) is 12.4 Å². The molecule has 3 heterocycles. The van der Waals surface area contributed by atoms with Crippen molar-refractivity contribution in [2.75, 3.05) is 0 Å². The fraction of sp³-hybridized carbons (Fsp3) is 0.0556. The third kappa shape index (κ3) is 2.94. The first-order chi connectivity index (χ1) is 11.8. The summed E-state index contributed by atoms with van der Waals surface area (Å²) in [6.45, 7) is 0.614. The third-order valence-corrected chi connectivity index (χ3v) is 3.66. The molecule has 0 saturated carbocycles. The van der Waals surface area contributed by atoms with Gasteiger partial charge in [-0.1, -0.05) is 24.3 Å². The highest BCUT2D eigenvalue weighted by atomic mass is 19.1. The number of nitrogens with zero attached hydrogens (tertiary/aromatic N) is 4. The van der Waals surface area contributed by atoms with E-state index in [1.165, 1.54) is 12.1 Å². The number of aromatic nitrogens is 5. The number of rotatable bonds is 4. The van der Waals surface area contributed by atoms with Gasteiger partial charge in [-0.05, 0) is 35.4 Å². The maximum Gasteiger partial charge on any atom is 0.177 e. The Balaban J connectivity index is 1.58. The van der Waals surface area contributed by atoms with Crippen LogP contribution >= 0.6 is 0 Å². The number of pyridine rings is 1. The minimum absolute atomic E-state index is 0.244. The Hall–Kier alpha value is -3.28. The van der Waals surface area contributed by atoms with Crippen molar-refractivity contribution in [1.82, 2.24) is 24.7 Å². The zero-order chi connectivity index (χ0) is 16.4. The molecule has 1 N–H and O–H groups in total. The number of hydrogen-bond donors (Lipinski definition) is 1. The van der Waals surface area contributed by atoms with E-state index in [2.05, 4.69) is 20.1 Å². The summed E-state index contributed by atoms with van der Waals surface area (Å²) >= 11 is 0. The first-order valence-electron chi connectivity index (χ1n) is 7.52. The quantitative estimate of drug-likeness (QED) is 0.626. The summed E-state index contributed by atoms with van der Waals surface area (Å²) in [6.07, 6.45) is 9.07. The topological polar surface area (TPSA) is 59.4 Å². The van der Waals surface area contributed by atoms with Crippen LogP contribution in [0.25, 0.3) is 23.3 Å². The molecule has 4 aromatic rings. The van der Waals surface area contributed by atoms with Crippen LogP contribution in [-0.4, -0.2) is 24.7 Å². The van der Waals surface area contributed by atoms with Crippen LogP contribution < -0.4 is 0 Å². The molecule has 1 aromatic carbocycles. The molecule has 0 spiro atoms. The molecule has 0 amide bonds. The number of fused-ring (bicyclic) bond motifs is 1. The Kier molecular flexibility index (Phi) is 3.63. The second-order valence-corrected chi connectivity index (χ2v) is 5.41. The van der Waals surface area contributed by atoms with Crippen molar-refractivity contribution in [2.24, 2.45) is 0 Å². The van der Waals surface area contributed by atoms with E-state index < -0.39 is 0 Å². The predicted molar refractivity (Wildman–Crippen MR) is 90.5 cm³/mol. The fourth-order valence-electron chi connectivity index (χ4n) is 2.47. The Labute approximate surface area is 137 Å². The number of hydrogen-bond acceptors (Lipinski definition) is 3. The number of benzene rings is 1. The molecule has 0 saturated heterocycles. The molecule has 5 nitrogen and oxygen atoms in total. The van der Waals surface area contributed by atoms with Gasteiger partial charge in [-0.25, -0.2) is 14.1 Å². The molecular weight excluding hydrogens is 305 g/mol. The van der Waals surface area contributed by atoms with E-state index in [4.69, 9.17) is 0 Å². The largest absolute Gasteiger partial charge is 0.336 e. The van der Waals surface area contributed by atoms with Gasteiger partial charge in [-0.3, -0.25) is 4.98 Å². The average molecular weight is 319 g/mol. The fourth-order valence-corrected chi connectivity index (χ4v) is 2.47. The maximum absolute atomic E-state index is 12.9. The van der Waals surface area contributed by atoms with E-state index in [0.29, 0.717) is 6.54 Å². The molecule has 24 heavy (non-hydrogen) atoms. The van der Waals surface area contributed by atoms with Crippen molar-refractivity contribution in [3.63, 3.8) is 0 Å². The number of imidazole rings is 1. The molecule has 4 rings (SSSR count). The van der Waals surface area contributed by atoms with Gasteiger partial charge < -0.3 is 4.98 Å². The molecule has 3 aromatic heterocycles. The molecule has 0 bridgehead atoms. The van der Waals surface area contributed by atoms with E-state index in [1.807, 2.05) is 35.2 Å². The van der Waals surface area contributed by atoms with Gasteiger partial charge >= 0.3 is 0 Å². The van der Waals surface area contributed by atoms with Gasteiger partial charge in [0.1, 0.15) is 17.2 Å².